The van der Waals surface area contributed by atoms with Gasteiger partial charge in [0.05, 0.1) is 5.56 Å². The molecule has 1 aliphatic heterocycles. The summed E-state index contributed by atoms with van der Waals surface area (Å²) in [6, 6.07) is 12.0. The second-order valence-electron chi connectivity index (χ2n) is 6.90. The average Bonchev–Trinajstić information content (AvgIpc) is 2.67. The monoisotopic (exact) mass is 377 g/mol. The number of ether oxygens (including phenoxy) is 1. The van der Waals surface area contributed by atoms with Crippen LogP contribution in [0.2, 0.25) is 0 Å². The fourth-order valence-corrected chi connectivity index (χ4v) is 3.30. The van der Waals surface area contributed by atoms with Gasteiger partial charge in [0.15, 0.2) is 0 Å². The van der Waals surface area contributed by atoms with Gasteiger partial charge >= 0.3 is 6.18 Å². The molecule has 3 rings (SSSR count). The van der Waals surface area contributed by atoms with Crippen molar-refractivity contribution in [3.63, 3.8) is 0 Å². The molecule has 0 N–H and O–H groups in total. The van der Waals surface area contributed by atoms with Crippen LogP contribution in [0.3, 0.4) is 0 Å². The second kappa shape index (κ2) is 8.13. The van der Waals surface area contributed by atoms with Gasteiger partial charge in [0.25, 0.3) is 5.91 Å². The van der Waals surface area contributed by atoms with E-state index in [0.717, 1.165) is 38.2 Å². The summed E-state index contributed by atoms with van der Waals surface area (Å²) < 4.78 is 43.5. The molecule has 1 amide bonds. The molecule has 1 aliphatic rings. The number of amides is 1. The van der Waals surface area contributed by atoms with Gasteiger partial charge in [0, 0.05) is 32.4 Å². The van der Waals surface area contributed by atoms with Gasteiger partial charge in [-0.25, -0.2) is 0 Å². The predicted octanol–water partition coefficient (Wildman–Crippen LogP) is 4.87. The smallest absolute Gasteiger partial charge is 0.381 e. The van der Waals surface area contributed by atoms with Crippen molar-refractivity contribution >= 4 is 5.91 Å². The fourth-order valence-electron chi connectivity index (χ4n) is 3.30. The largest absolute Gasteiger partial charge is 0.416 e. The third-order valence-electron chi connectivity index (χ3n) is 4.87. The van der Waals surface area contributed by atoms with Gasteiger partial charge in [-0.05, 0) is 54.2 Å². The van der Waals surface area contributed by atoms with Crippen molar-refractivity contribution in [2.45, 2.75) is 19.0 Å². The number of nitrogens with zero attached hydrogens (tertiary/aromatic N) is 1. The van der Waals surface area contributed by atoms with Crippen molar-refractivity contribution in [2.75, 3.05) is 26.8 Å². The lowest BCUT2D eigenvalue weighted by molar-refractivity contribution is -0.137. The van der Waals surface area contributed by atoms with Gasteiger partial charge < -0.3 is 9.64 Å². The van der Waals surface area contributed by atoms with E-state index in [1.54, 1.807) is 36.2 Å². The maximum Gasteiger partial charge on any atom is 0.416 e. The van der Waals surface area contributed by atoms with E-state index in [1.165, 1.54) is 12.1 Å². The SMILES string of the molecule is CN(CC1CCOCC1)C(=O)c1cccc(-c2ccc(C(F)(F)F)cc2)c1. The van der Waals surface area contributed by atoms with Crippen LogP contribution in [-0.2, 0) is 10.9 Å². The van der Waals surface area contributed by atoms with Crippen LogP contribution < -0.4 is 0 Å². The van der Waals surface area contributed by atoms with Crippen LogP contribution in [0, 0.1) is 5.92 Å². The molecule has 3 nitrogen and oxygen atoms in total. The van der Waals surface area contributed by atoms with Gasteiger partial charge in [-0.3, -0.25) is 4.79 Å². The lowest BCUT2D eigenvalue weighted by Gasteiger charge is -2.27. The zero-order valence-corrected chi connectivity index (χ0v) is 15.1. The Morgan fingerprint density at radius 2 is 1.74 bits per heavy atom. The predicted molar refractivity (Wildman–Crippen MR) is 97.4 cm³/mol. The van der Waals surface area contributed by atoms with Crippen molar-refractivity contribution in [1.29, 1.82) is 0 Å². The van der Waals surface area contributed by atoms with E-state index in [-0.39, 0.29) is 5.91 Å². The molecule has 2 aromatic rings. The summed E-state index contributed by atoms with van der Waals surface area (Å²) >= 11 is 0. The van der Waals surface area contributed by atoms with E-state index >= 15 is 0 Å². The normalized spacial score (nSPS) is 15.6. The summed E-state index contributed by atoms with van der Waals surface area (Å²) in [6.07, 6.45) is -2.46. The highest BCUT2D eigenvalue weighted by Gasteiger charge is 2.30. The number of hydrogen-bond donors (Lipinski definition) is 0. The first-order chi connectivity index (χ1) is 12.8. The molecule has 6 heteroatoms. The number of hydrogen-bond acceptors (Lipinski definition) is 2. The van der Waals surface area contributed by atoms with E-state index in [1.807, 2.05) is 0 Å². The molecule has 0 saturated carbocycles. The van der Waals surface area contributed by atoms with Crippen LogP contribution in [0.4, 0.5) is 13.2 Å². The Bertz CT molecular complexity index is 781. The molecule has 144 valence electrons. The molecule has 0 spiro atoms. The maximum absolute atomic E-state index is 12.7. The number of carbonyl (C=O) groups is 1. The number of carbonyl (C=O) groups excluding carboxylic acids is 1. The summed E-state index contributed by atoms with van der Waals surface area (Å²) in [5, 5.41) is 0. The first kappa shape index (κ1) is 19.4. The minimum atomic E-state index is -4.36. The molecule has 1 heterocycles. The van der Waals surface area contributed by atoms with Crippen LogP contribution in [0.5, 0.6) is 0 Å². The third kappa shape index (κ3) is 4.89. The summed E-state index contributed by atoms with van der Waals surface area (Å²) in [6.45, 7) is 2.14. The van der Waals surface area contributed by atoms with Crippen LogP contribution >= 0.6 is 0 Å². The Hall–Kier alpha value is -2.34. The molecule has 0 unspecified atom stereocenters. The average molecular weight is 377 g/mol. The van der Waals surface area contributed by atoms with Gasteiger partial charge in [-0.2, -0.15) is 13.2 Å². The number of halogens is 3. The highest BCUT2D eigenvalue weighted by atomic mass is 19.4. The lowest BCUT2D eigenvalue weighted by atomic mass is 9.99. The quantitative estimate of drug-likeness (QED) is 0.761. The molecular weight excluding hydrogens is 355 g/mol. The van der Waals surface area contributed by atoms with E-state index in [0.29, 0.717) is 29.2 Å². The van der Waals surface area contributed by atoms with Gasteiger partial charge in [-0.1, -0.05) is 24.3 Å². The number of rotatable bonds is 4. The first-order valence-corrected chi connectivity index (χ1v) is 8.95. The van der Waals surface area contributed by atoms with Crippen molar-refractivity contribution in [2.24, 2.45) is 5.92 Å². The van der Waals surface area contributed by atoms with E-state index in [9.17, 15) is 18.0 Å². The van der Waals surface area contributed by atoms with E-state index in [4.69, 9.17) is 4.74 Å². The van der Waals surface area contributed by atoms with Gasteiger partial charge in [0.2, 0.25) is 0 Å². The zero-order valence-electron chi connectivity index (χ0n) is 15.1. The molecule has 1 fully saturated rings. The molecule has 2 aromatic carbocycles. The molecule has 27 heavy (non-hydrogen) atoms. The first-order valence-electron chi connectivity index (χ1n) is 8.95. The van der Waals surface area contributed by atoms with Crippen LogP contribution in [0.15, 0.2) is 48.5 Å². The molecule has 0 atom stereocenters. The summed E-state index contributed by atoms with van der Waals surface area (Å²) in [7, 11) is 1.78. The number of alkyl halides is 3. The number of benzene rings is 2. The Morgan fingerprint density at radius 1 is 1.07 bits per heavy atom. The molecule has 0 radical (unpaired) electrons. The highest BCUT2D eigenvalue weighted by Crippen LogP contribution is 2.31. The highest BCUT2D eigenvalue weighted by molar-refractivity contribution is 5.95. The van der Waals surface area contributed by atoms with Crippen molar-refractivity contribution in [1.82, 2.24) is 4.90 Å². The Labute approximate surface area is 156 Å². The van der Waals surface area contributed by atoms with Gasteiger partial charge in [-0.15, -0.1) is 0 Å². The molecule has 0 aliphatic carbocycles. The van der Waals surface area contributed by atoms with Crippen LogP contribution in [0.1, 0.15) is 28.8 Å². The van der Waals surface area contributed by atoms with Crippen LogP contribution in [0.25, 0.3) is 11.1 Å². The Kier molecular flexibility index (Phi) is 5.85. The Balaban J connectivity index is 1.73. The second-order valence-corrected chi connectivity index (χ2v) is 6.90. The minimum absolute atomic E-state index is 0.0877. The molecule has 1 saturated heterocycles. The van der Waals surface area contributed by atoms with Crippen molar-refractivity contribution in [3.05, 3.63) is 59.7 Å². The lowest BCUT2D eigenvalue weighted by Crippen LogP contribution is -2.34. The molecule has 0 aromatic heterocycles. The van der Waals surface area contributed by atoms with Crippen LogP contribution in [-0.4, -0.2) is 37.6 Å². The maximum atomic E-state index is 12.7. The third-order valence-corrected chi connectivity index (χ3v) is 4.87. The minimum Gasteiger partial charge on any atom is -0.381 e. The summed E-state index contributed by atoms with van der Waals surface area (Å²) in [5.41, 5.74) is 1.20. The van der Waals surface area contributed by atoms with Crippen molar-refractivity contribution in [3.8, 4) is 11.1 Å². The summed E-state index contributed by atoms with van der Waals surface area (Å²) in [5.74, 6) is 0.348. The Morgan fingerprint density at radius 3 is 2.37 bits per heavy atom. The summed E-state index contributed by atoms with van der Waals surface area (Å²) in [4.78, 5) is 14.4. The zero-order chi connectivity index (χ0) is 19.4. The molecule has 0 bridgehead atoms. The van der Waals surface area contributed by atoms with E-state index < -0.39 is 11.7 Å². The van der Waals surface area contributed by atoms with Gasteiger partial charge in [0.1, 0.15) is 0 Å². The topological polar surface area (TPSA) is 29.5 Å². The van der Waals surface area contributed by atoms with Crippen molar-refractivity contribution < 1.29 is 22.7 Å². The molecular formula is C21H22F3NO2. The standard InChI is InChI=1S/C21H22F3NO2/c1-25(14-15-9-11-27-12-10-15)20(26)18-4-2-3-17(13-18)16-5-7-19(8-6-16)21(22,23)24/h2-8,13,15H,9-12,14H2,1H3. The van der Waals surface area contributed by atoms with E-state index in [2.05, 4.69) is 0 Å². The fraction of sp³-hybridized carbons (Fsp3) is 0.381.